The minimum Gasteiger partial charge on any atom is -0.499 e. The molecule has 0 aliphatic rings. The highest BCUT2D eigenvalue weighted by atomic mass is 32.1. The lowest BCUT2D eigenvalue weighted by molar-refractivity contribution is -0.252. The van der Waals surface area contributed by atoms with Gasteiger partial charge in [-0.2, -0.15) is 0 Å². The van der Waals surface area contributed by atoms with E-state index in [-0.39, 0.29) is 11.7 Å². The van der Waals surface area contributed by atoms with E-state index in [1.54, 1.807) is 12.1 Å². The summed E-state index contributed by atoms with van der Waals surface area (Å²) < 4.78 is 0. The molecule has 0 unspecified atom stereocenters. The van der Waals surface area contributed by atoms with Crippen LogP contribution in [-0.4, -0.2) is 10.4 Å². The second-order valence-corrected chi connectivity index (χ2v) is 2.66. The predicted molar refractivity (Wildman–Crippen MR) is 33.4 cm³/mol. The van der Waals surface area contributed by atoms with Crippen LogP contribution in [0.5, 0.6) is 5.06 Å². The topological polar surface area (TPSA) is 49.7 Å². The van der Waals surface area contributed by atoms with Gasteiger partial charge in [-0.3, -0.25) is 5.26 Å². The number of thiophene rings is 1. The van der Waals surface area contributed by atoms with Crippen LogP contribution in [0.15, 0.2) is 12.1 Å². The van der Waals surface area contributed by atoms with E-state index in [4.69, 9.17) is 10.4 Å². The molecule has 0 atom stereocenters. The first-order valence-electron chi connectivity index (χ1n) is 2.37. The quantitative estimate of drug-likeness (QED) is 0.490. The van der Waals surface area contributed by atoms with Gasteiger partial charge in [-0.1, -0.05) is 0 Å². The molecule has 0 fully saturated rings. The zero-order chi connectivity index (χ0) is 6.69. The second kappa shape index (κ2) is 2.82. The molecule has 0 saturated heterocycles. The molecule has 3 nitrogen and oxygen atoms in total. The summed E-state index contributed by atoms with van der Waals surface area (Å²) in [5.74, 6) is 0. The summed E-state index contributed by atoms with van der Waals surface area (Å²) in [6.07, 6.45) is 0. The molecule has 1 aromatic heterocycles. The molecule has 0 spiro atoms. The Hall–Kier alpha value is -0.580. The van der Waals surface area contributed by atoms with Gasteiger partial charge in [-0.25, -0.2) is 4.89 Å². The normalized spacial score (nSPS) is 9.89. The van der Waals surface area contributed by atoms with Crippen molar-refractivity contribution in [3.8, 4) is 5.06 Å². The highest BCUT2D eigenvalue weighted by Gasteiger charge is 1.95. The molecule has 1 heterocycles. The minimum atomic E-state index is 0.144. The van der Waals surface area contributed by atoms with E-state index in [1.165, 1.54) is 11.3 Å². The highest BCUT2D eigenvalue weighted by molar-refractivity contribution is 7.13. The van der Waals surface area contributed by atoms with E-state index in [1.807, 2.05) is 0 Å². The number of hydrogen-bond donors (Lipinski definition) is 2. The van der Waals surface area contributed by atoms with Crippen LogP contribution in [0.25, 0.3) is 0 Å². The summed E-state index contributed by atoms with van der Waals surface area (Å²) in [7, 11) is 0. The maximum atomic E-state index is 8.76. The molecule has 0 aliphatic carbocycles. The van der Waals surface area contributed by atoms with Crippen molar-refractivity contribution >= 4 is 11.3 Å². The molecular weight excluding hydrogens is 140 g/mol. The zero-order valence-corrected chi connectivity index (χ0v) is 5.39. The summed E-state index contributed by atoms with van der Waals surface area (Å²) in [6, 6.07) is 3.25. The van der Waals surface area contributed by atoms with Crippen LogP contribution < -0.4 is 0 Å². The third-order valence-electron chi connectivity index (χ3n) is 0.854. The van der Waals surface area contributed by atoms with Crippen LogP contribution in [0, 0.1) is 0 Å². The number of hydrogen-bond acceptors (Lipinski definition) is 4. The summed E-state index contributed by atoms with van der Waals surface area (Å²) in [5.41, 5.74) is 0. The third kappa shape index (κ3) is 1.67. The minimum absolute atomic E-state index is 0.144. The molecule has 0 amide bonds. The number of aromatic hydroxyl groups is 1. The van der Waals surface area contributed by atoms with E-state index in [2.05, 4.69) is 4.89 Å². The van der Waals surface area contributed by atoms with Gasteiger partial charge in [-0.15, -0.1) is 11.3 Å². The average Bonchev–Trinajstić information content (AvgIpc) is 2.17. The predicted octanol–water partition coefficient (Wildman–Crippen LogP) is 1.44. The van der Waals surface area contributed by atoms with Crippen molar-refractivity contribution in [2.24, 2.45) is 0 Å². The van der Waals surface area contributed by atoms with Gasteiger partial charge in [0.25, 0.3) is 0 Å². The molecule has 9 heavy (non-hydrogen) atoms. The van der Waals surface area contributed by atoms with Crippen molar-refractivity contribution in [1.29, 1.82) is 0 Å². The highest BCUT2D eigenvalue weighted by Crippen LogP contribution is 2.22. The molecule has 1 rings (SSSR count). The Morgan fingerprint density at radius 2 is 2.33 bits per heavy atom. The Bertz CT molecular complexity index is 184. The lowest BCUT2D eigenvalue weighted by atomic mass is 10.5. The first-order valence-corrected chi connectivity index (χ1v) is 3.18. The first kappa shape index (κ1) is 6.54. The van der Waals surface area contributed by atoms with E-state index in [0.29, 0.717) is 0 Å². The summed E-state index contributed by atoms with van der Waals surface area (Å²) in [6.45, 7) is 0.144. The fourth-order valence-electron chi connectivity index (χ4n) is 0.508. The van der Waals surface area contributed by atoms with Gasteiger partial charge in [0.1, 0.15) is 6.61 Å². The fourth-order valence-corrected chi connectivity index (χ4v) is 1.16. The van der Waals surface area contributed by atoms with E-state index in [9.17, 15) is 0 Å². The van der Waals surface area contributed by atoms with E-state index < -0.39 is 0 Å². The largest absolute Gasteiger partial charge is 0.499 e. The van der Waals surface area contributed by atoms with Gasteiger partial charge >= 0.3 is 0 Å². The summed E-state index contributed by atoms with van der Waals surface area (Å²) in [5, 5.41) is 17.0. The van der Waals surface area contributed by atoms with Crippen LogP contribution >= 0.6 is 11.3 Å². The summed E-state index contributed by atoms with van der Waals surface area (Å²) in [4.78, 5) is 4.64. The van der Waals surface area contributed by atoms with Crippen molar-refractivity contribution in [1.82, 2.24) is 0 Å². The summed E-state index contributed by atoms with van der Waals surface area (Å²) >= 11 is 1.18. The van der Waals surface area contributed by atoms with Gasteiger partial charge in [0.2, 0.25) is 0 Å². The second-order valence-electron chi connectivity index (χ2n) is 1.51. The monoisotopic (exact) mass is 146 g/mol. The fraction of sp³-hybridized carbons (Fsp3) is 0.200. The van der Waals surface area contributed by atoms with Crippen LogP contribution in [0.3, 0.4) is 0 Å². The van der Waals surface area contributed by atoms with Crippen molar-refractivity contribution in [3.05, 3.63) is 17.0 Å². The van der Waals surface area contributed by atoms with Crippen molar-refractivity contribution in [2.75, 3.05) is 0 Å². The van der Waals surface area contributed by atoms with Crippen LogP contribution in [0.2, 0.25) is 0 Å². The Morgan fingerprint density at radius 3 is 2.78 bits per heavy atom. The smallest absolute Gasteiger partial charge is 0.171 e. The molecule has 0 aromatic carbocycles. The Morgan fingerprint density at radius 1 is 1.56 bits per heavy atom. The molecule has 4 heteroatoms. The molecule has 1 aromatic rings. The molecular formula is C5H6O3S. The lowest BCUT2D eigenvalue weighted by Crippen LogP contribution is -1.80. The first-order chi connectivity index (χ1) is 4.33. The van der Waals surface area contributed by atoms with E-state index >= 15 is 0 Å². The molecule has 0 saturated carbocycles. The maximum absolute atomic E-state index is 8.76. The Labute approximate surface area is 56.1 Å². The Kier molecular flexibility index (Phi) is 2.05. The molecule has 50 valence electrons. The molecule has 2 N–H and O–H groups in total. The SMILES string of the molecule is OOCc1ccc(O)s1. The molecule has 0 bridgehead atoms. The van der Waals surface area contributed by atoms with E-state index in [0.717, 1.165) is 4.88 Å². The lowest BCUT2D eigenvalue weighted by Gasteiger charge is -1.87. The average molecular weight is 146 g/mol. The van der Waals surface area contributed by atoms with Crippen LogP contribution in [0.1, 0.15) is 4.88 Å². The van der Waals surface area contributed by atoms with Crippen LogP contribution in [0.4, 0.5) is 0 Å². The van der Waals surface area contributed by atoms with Crippen molar-refractivity contribution < 1.29 is 15.3 Å². The standard InChI is InChI=1S/C5H6O3S/c6-5-2-1-4(9-5)3-8-7/h1-2,6-7H,3H2. The molecule has 0 radical (unpaired) electrons. The van der Waals surface area contributed by atoms with Gasteiger partial charge in [0.15, 0.2) is 5.06 Å². The van der Waals surface area contributed by atoms with Gasteiger partial charge in [-0.05, 0) is 12.1 Å². The third-order valence-corrected chi connectivity index (χ3v) is 1.72. The maximum Gasteiger partial charge on any atom is 0.171 e. The van der Waals surface area contributed by atoms with Crippen LogP contribution in [-0.2, 0) is 11.5 Å². The van der Waals surface area contributed by atoms with Gasteiger partial charge in [0, 0.05) is 4.88 Å². The number of rotatable bonds is 2. The van der Waals surface area contributed by atoms with Crippen molar-refractivity contribution in [2.45, 2.75) is 6.61 Å². The van der Waals surface area contributed by atoms with Crippen molar-refractivity contribution in [3.63, 3.8) is 0 Å². The van der Waals surface area contributed by atoms with Gasteiger partial charge < -0.3 is 5.11 Å². The molecule has 0 aliphatic heterocycles. The zero-order valence-electron chi connectivity index (χ0n) is 4.57. The Balaban J connectivity index is 2.61. The van der Waals surface area contributed by atoms with Gasteiger partial charge in [0.05, 0.1) is 0 Å².